The molecule has 1 unspecified atom stereocenters. The Labute approximate surface area is 83.2 Å². The Bertz CT molecular complexity index is 266. The third kappa shape index (κ3) is 2.34. The van der Waals surface area contributed by atoms with Crippen molar-refractivity contribution in [2.24, 2.45) is 5.92 Å². The number of halogens is 1. The molecule has 0 amide bonds. The van der Waals surface area contributed by atoms with Crippen LogP contribution in [0.25, 0.3) is 0 Å². The van der Waals surface area contributed by atoms with Gasteiger partial charge in [-0.25, -0.2) is 0 Å². The second kappa shape index (κ2) is 4.47. The van der Waals surface area contributed by atoms with Gasteiger partial charge in [0.05, 0.1) is 13.0 Å². The number of rotatable bonds is 2. The zero-order valence-electron chi connectivity index (χ0n) is 7.84. The Morgan fingerprint density at radius 1 is 1.77 bits per heavy atom. The lowest BCUT2D eigenvalue weighted by molar-refractivity contribution is -0.144. The van der Waals surface area contributed by atoms with Gasteiger partial charge in [0.1, 0.15) is 0 Å². The largest absolute Gasteiger partial charge is 0.469 e. The standard InChI is InChI=1S/C10H13ClO2/c1-3-7-6-8(11)4-5-9(7)10(12)13-2/h4,6,9H,3,5H2,1-2H3. The van der Waals surface area contributed by atoms with Gasteiger partial charge in [0.15, 0.2) is 0 Å². The summed E-state index contributed by atoms with van der Waals surface area (Å²) in [4.78, 5) is 11.3. The lowest BCUT2D eigenvalue weighted by Crippen LogP contribution is -2.19. The number of esters is 1. The predicted octanol–water partition coefficient (Wildman–Crippen LogP) is 2.64. The van der Waals surface area contributed by atoms with Crippen LogP contribution in [0.4, 0.5) is 0 Å². The first-order valence-corrected chi connectivity index (χ1v) is 4.70. The van der Waals surface area contributed by atoms with Crippen molar-refractivity contribution in [3.05, 3.63) is 22.8 Å². The highest BCUT2D eigenvalue weighted by atomic mass is 35.5. The van der Waals surface area contributed by atoms with Crippen molar-refractivity contribution >= 4 is 17.6 Å². The molecule has 0 aliphatic heterocycles. The molecule has 1 rings (SSSR count). The summed E-state index contributed by atoms with van der Waals surface area (Å²) in [6.07, 6.45) is 5.20. The third-order valence-electron chi connectivity index (χ3n) is 2.21. The molecule has 13 heavy (non-hydrogen) atoms. The second-order valence-electron chi connectivity index (χ2n) is 2.97. The monoisotopic (exact) mass is 200 g/mol. The molecule has 2 nitrogen and oxygen atoms in total. The van der Waals surface area contributed by atoms with Crippen LogP contribution in [0.3, 0.4) is 0 Å². The van der Waals surface area contributed by atoms with Gasteiger partial charge in [-0.15, -0.1) is 0 Å². The summed E-state index contributed by atoms with van der Waals surface area (Å²) in [6.45, 7) is 2.01. The lowest BCUT2D eigenvalue weighted by Gasteiger charge is -2.18. The highest BCUT2D eigenvalue weighted by Crippen LogP contribution is 2.28. The summed E-state index contributed by atoms with van der Waals surface area (Å²) in [5.74, 6) is -0.300. The molecule has 0 saturated heterocycles. The smallest absolute Gasteiger partial charge is 0.313 e. The van der Waals surface area contributed by atoms with Crippen molar-refractivity contribution in [1.82, 2.24) is 0 Å². The first kappa shape index (κ1) is 10.3. The summed E-state index contributed by atoms with van der Waals surface area (Å²) in [5.41, 5.74) is 1.05. The van der Waals surface area contributed by atoms with Gasteiger partial charge in [-0.3, -0.25) is 4.79 Å². The van der Waals surface area contributed by atoms with Crippen molar-refractivity contribution in [2.75, 3.05) is 7.11 Å². The maximum Gasteiger partial charge on any atom is 0.313 e. The van der Waals surface area contributed by atoms with E-state index in [2.05, 4.69) is 0 Å². The first-order valence-electron chi connectivity index (χ1n) is 4.33. The van der Waals surface area contributed by atoms with Crippen LogP contribution in [-0.2, 0) is 9.53 Å². The van der Waals surface area contributed by atoms with E-state index < -0.39 is 0 Å². The van der Waals surface area contributed by atoms with Crippen LogP contribution in [0, 0.1) is 5.92 Å². The molecule has 0 fully saturated rings. The van der Waals surface area contributed by atoms with Crippen LogP contribution in [0.15, 0.2) is 22.8 Å². The van der Waals surface area contributed by atoms with E-state index in [0.717, 1.165) is 17.0 Å². The number of hydrogen-bond donors (Lipinski definition) is 0. The van der Waals surface area contributed by atoms with E-state index in [4.69, 9.17) is 16.3 Å². The molecule has 0 saturated carbocycles. The zero-order valence-corrected chi connectivity index (χ0v) is 8.60. The van der Waals surface area contributed by atoms with E-state index in [-0.39, 0.29) is 11.9 Å². The summed E-state index contributed by atoms with van der Waals surface area (Å²) in [5, 5.41) is 0.719. The van der Waals surface area contributed by atoms with Gasteiger partial charge in [0, 0.05) is 5.03 Å². The predicted molar refractivity (Wildman–Crippen MR) is 52.4 cm³/mol. The number of methoxy groups -OCH3 is 1. The molecule has 1 aliphatic rings. The molecule has 1 atom stereocenters. The van der Waals surface area contributed by atoms with E-state index in [1.807, 2.05) is 19.1 Å². The molecule has 0 radical (unpaired) electrons. The quantitative estimate of drug-likeness (QED) is 0.641. The van der Waals surface area contributed by atoms with E-state index >= 15 is 0 Å². The van der Waals surface area contributed by atoms with Gasteiger partial charge >= 0.3 is 5.97 Å². The second-order valence-corrected chi connectivity index (χ2v) is 3.41. The molecule has 0 N–H and O–H groups in total. The topological polar surface area (TPSA) is 26.3 Å². The molecule has 0 aromatic carbocycles. The van der Waals surface area contributed by atoms with Crippen LogP contribution >= 0.6 is 11.6 Å². The van der Waals surface area contributed by atoms with Gasteiger partial charge in [0.2, 0.25) is 0 Å². The molecule has 0 aromatic heterocycles. The van der Waals surface area contributed by atoms with E-state index in [1.54, 1.807) is 0 Å². The van der Waals surface area contributed by atoms with Crippen molar-refractivity contribution in [3.8, 4) is 0 Å². The SMILES string of the molecule is CCC1=CC(Cl)=CCC1C(=O)OC. The third-order valence-corrected chi connectivity index (χ3v) is 2.48. The maximum atomic E-state index is 11.3. The molecular formula is C10H13ClO2. The van der Waals surface area contributed by atoms with Gasteiger partial charge in [-0.2, -0.15) is 0 Å². The molecule has 0 heterocycles. The van der Waals surface area contributed by atoms with Crippen LogP contribution in [0.1, 0.15) is 19.8 Å². The molecule has 3 heteroatoms. The van der Waals surface area contributed by atoms with Crippen LogP contribution in [-0.4, -0.2) is 13.1 Å². The summed E-state index contributed by atoms with van der Waals surface area (Å²) >= 11 is 5.84. The van der Waals surface area contributed by atoms with Crippen molar-refractivity contribution < 1.29 is 9.53 Å². The van der Waals surface area contributed by atoms with Crippen LogP contribution in [0.5, 0.6) is 0 Å². The Hall–Kier alpha value is -0.760. The molecule has 72 valence electrons. The van der Waals surface area contributed by atoms with Gasteiger partial charge in [-0.1, -0.05) is 30.2 Å². The minimum atomic E-state index is -0.173. The Kier molecular flexibility index (Phi) is 3.55. The van der Waals surface area contributed by atoms with Crippen LogP contribution in [0.2, 0.25) is 0 Å². The maximum absolute atomic E-state index is 11.3. The highest BCUT2D eigenvalue weighted by Gasteiger charge is 2.23. The summed E-state index contributed by atoms with van der Waals surface area (Å²) in [7, 11) is 1.41. The number of carbonyl (C=O) groups is 1. The van der Waals surface area contributed by atoms with Gasteiger partial charge in [0.25, 0.3) is 0 Å². The molecule has 1 aliphatic carbocycles. The first-order chi connectivity index (χ1) is 6.19. The fraction of sp³-hybridized carbons (Fsp3) is 0.500. The van der Waals surface area contributed by atoms with Gasteiger partial charge in [-0.05, 0) is 18.9 Å². The highest BCUT2D eigenvalue weighted by molar-refractivity contribution is 6.31. The summed E-state index contributed by atoms with van der Waals surface area (Å²) in [6, 6.07) is 0. The average Bonchev–Trinajstić information content (AvgIpc) is 2.16. The Balaban J connectivity index is 2.80. The van der Waals surface area contributed by atoms with E-state index in [0.29, 0.717) is 6.42 Å². The number of allylic oxidation sites excluding steroid dienone is 3. The van der Waals surface area contributed by atoms with Crippen molar-refractivity contribution in [2.45, 2.75) is 19.8 Å². The lowest BCUT2D eigenvalue weighted by atomic mass is 9.90. The fourth-order valence-electron chi connectivity index (χ4n) is 1.46. The van der Waals surface area contributed by atoms with Gasteiger partial charge < -0.3 is 4.74 Å². The molecule has 0 bridgehead atoms. The zero-order chi connectivity index (χ0) is 9.84. The molecule has 0 aromatic rings. The van der Waals surface area contributed by atoms with E-state index in [1.165, 1.54) is 7.11 Å². The summed E-state index contributed by atoms with van der Waals surface area (Å²) < 4.78 is 4.70. The number of hydrogen-bond acceptors (Lipinski definition) is 2. The normalized spacial score (nSPS) is 21.9. The Morgan fingerprint density at radius 2 is 2.46 bits per heavy atom. The van der Waals surface area contributed by atoms with Crippen molar-refractivity contribution in [1.29, 1.82) is 0 Å². The number of carbonyl (C=O) groups excluding carboxylic acids is 1. The Morgan fingerprint density at radius 3 is 3.00 bits per heavy atom. The molecular weight excluding hydrogens is 188 g/mol. The van der Waals surface area contributed by atoms with Crippen LogP contribution < -0.4 is 0 Å². The van der Waals surface area contributed by atoms with Crippen molar-refractivity contribution in [3.63, 3.8) is 0 Å². The average molecular weight is 201 g/mol. The fourth-order valence-corrected chi connectivity index (χ4v) is 1.69. The number of ether oxygens (including phenoxy) is 1. The molecule has 0 spiro atoms. The van der Waals surface area contributed by atoms with E-state index in [9.17, 15) is 4.79 Å². The minimum absolute atomic E-state index is 0.127. The minimum Gasteiger partial charge on any atom is -0.469 e.